The Morgan fingerprint density at radius 1 is 1.35 bits per heavy atom. The van der Waals surface area contributed by atoms with Crippen LogP contribution in [0.3, 0.4) is 0 Å². The Balaban J connectivity index is 2.71. The highest BCUT2D eigenvalue weighted by Gasteiger charge is 2.14. The Kier molecular flexibility index (Phi) is 5.54. The van der Waals surface area contributed by atoms with Crippen molar-refractivity contribution in [3.63, 3.8) is 0 Å². The molecule has 2 N–H and O–H groups in total. The number of aromatic nitrogens is 1. The molecule has 0 spiro atoms. The minimum absolute atomic E-state index is 0.0773. The molecule has 96 valence electrons. The van der Waals surface area contributed by atoms with Crippen molar-refractivity contribution >= 4 is 10.0 Å². The van der Waals surface area contributed by atoms with E-state index < -0.39 is 10.0 Å². The SMILES string of the molecule is CCCCNS(=O)(=O)c1ccc(CNC)cn1. The van der Waals surface area contributed by atoms with Gasteiger partial charge in [0.15, 0.2) is 5.03 Å². The number of hydrogen-bond donors (Lipinski definition) is 2. The first-order valence-corrected chi connectivity index (χ1v) is 7.17. The average Bonchev–Trinajstić information content (AvgIpc) is 2.30. The molecule has 17 heavy (non-hydrogen) atoms. The van der Waals surface area contributed by atoms with Crippen LogP contribution in [0.4, 0.5) is 0 Å². The average molecular weight is 257 g/mol. The quantitative estimate of drug-likeness (QED) is 0.711. The third-order valence-electron chi connectivity index (χ3n) is 2.28. The van der Waals surface area contributed by atoms with E-state index in [-0.39, 0.29) is 5.03 Å². The Morgan fingerprint density at radius 3 is 2.65 bits per heavy atom. The minimum atomic E-state index is -3.45. The molecule has 0 aliphatic heterocycles. The van der Waals surface area contributed by atoms with Crippen LogP contribution in [0.15, 0.2) is 23.4 Å². The predicted molar refractivity (Wildman–Crippen MR) is 67.1 cm³/mol. The smallest absolute Gasteiger partial charge is 0.258 e. The first kappa shape index (κ1) is 14.1. The van der Waals surface area contributed by atoms with Crippen LogP contribution in [-0.4, -0.2) is 27.0 Å². The van der Waals surface area contributed by atoms with E-state index in [1.807, 2.05) is 14.0 Å². The fourth-order valence-corrected chi connectivity index (χ4v) is 2.34. The van der Waals surface area contributed by atoms with Gasteiger partial charge in [0.2, 0.25) is 0 Å². The molecule has 0 saturated carbocycles. The van der Waals surface area contributed by atoms with Crippen molar-refractivity contribution in [2.45, 2.75) is 31.3 Å². The van der Waals surface area contributed by atoms with Crippen molar-refractivity contribution in [3.05, 3.63) is 23.9 Å². The van der Waals surface area contributed by atoms with E-state index in [4.69, 9.17) is 0 Å². The predicted octanol–water partition coefficient (Wildman–Crippen LogP) is 0.879. The first-order valence-electron chi connectivity index (χ1n) is 5.69. The van der Waals surface area contributed by atoms with Crippen LogP contribution < -0.4 is 10.0 Å². The molecule has 0 amide bonds. The van der Waals surface area contributed by atoms with Crippen LogP contribution in [0.25, 0.3) is 0 Å². The highest BCUT2D eigenvalue weighted by molar-refractivity contribution is 7.89. The zero-order valence-electron chi connectivity index (χ0n) is 10.2. The van der Waals surface area contributed by atoms with Crippen molar-refractivity contribution in [1.82, 2.24) is 15.0 Å². The standard InChI is InChI=1S/C11H19N3O2S/c1-3-4-7-14-17(15,16)11-6-5-10(8-12-2)9-13-11/h5-6,9,12,14H,3-4,7-8H2,1-2H3. The Morgan fingerprint density at radius 2 is 2.12 bits per heavy atom. The molecule has 0 atom stereocenters. The molecule has 1 aromatic heterocycles. The topological polar surface area (TPSA) is 71.1 Å². The van der Waals surface area contributed by atoms with Gasteiger partial charge in [-0.1, -0.05) is 19.4 Å². The van der Waals surface area contributed by atoms with Crippen molar-refractivity contribution < 1.29 is 8.42 Å². The second kappa shape index (κ2) is 6.68. The second-order valence-electron chi connectivity index (χ2n) is 3.79. The number of nitrogens with one attached hydrogen (secondary N) is 2. The lowest BCUT2D eigenvalue weighted by Gasteiger charge is -2.06. The number of rotatable bonds is 7. The summed E-state index contributed by atoms with van der Waals surface area (Å²) in [6.07, 6.45) is 3.36. The minimum Gasteiger partial charge on any atom is -0.316 e. The molecule has 1 heterocycles. The van der Waals surface area contributed by atoms with Gasteiger partial charge in [0.1, 0.15) is 0 Å². The third kappa shape index (κ3) is 4.41. The second-order valence-corrected chi connectivity index (χ2v) is 5.50. The lowest BCUT2D eigenvalue weighted by atomic mass is 10.3. The Hall–Kier alpha value is -0.980. The summed E-state index contributed by atoms with van der Waals surface area (Å²) >= 11 is 0. The summed E-state index contributed by atoms with van der Waals surface area (Å²) in [5.41, 5.74) is 0.958. The van der Waals surface area contributed by atoms with E-state index in [0.29, 0.717) is 13.1 Å². The summed E-state index contributed by atoms with van der Waals surface area (Å²) < 4.78 is 26.1. The van der Waals surface area contributed by atoms with Gasteiger partial charge in [-0.15, -0.1) is 0 Å². The number of sulfonamides is 1. The molecule has 0 aromatic carbocycles. The molecule has 1 aromatic rings. The van der Waals surface area contributed by atoms with Crippen molar-refractivity contribution in [2.75, 3.05) is 13.6 Å². The molecule has 0 fully saturated rings. The van der Waals surface area contributed by atoms with Crippen LogP contribution in [0.2, 0.25) is 0 Å². The number of pyridine rings is 1. The lowest BCUT2D eigenvalue weighted by molar-refractivity contribution is 0.574. The Labute approximate surface area is 103 Å². The van der Waals surface area contributed by atoms with Gasteiger partial charge in [-0.2, -0.15) is 0 Å². The van der Waals surface area contributed by atoms with Crippen LogP contribution in [-0.2, 0) is 16.6 Å². The van der Waals surface area contributed by atoms with E-state index in [1.165, 1.54) is 6.07 Å². The number of hydrogen-bond acceptors (Lipinski definition) is 4. The molecule has 0 unspecified atom stereocenters. The van der Waals surface area contributed by atoms with E-state index in [9.17, 15) is 8.42 Å². The largest absolute Gasteiger partial charge is 0.316 e. The highest BCUT2D eigenvalue weighted by atomic mass is 32.2. The summed E-state index contributed by atoms with van der Waals surface area (Å²) in [5, 5.41) is 3.06. The summed E-state index contributed by atoms with van der Waals surface area (Å²) in [7, 11) is -1.62. The summed E-state index contributed by atoms with van der Waals surface area (Å²) in [5.74, 6) is 0. The lowest BCUT2D eigenvalue weighted by Crippen LogP contribution is -2.25. The first-order chi connectivity index (χ1) is 8.10. The van der Waals surface area contributed by atoms with Gasteiger partial charge in [0.25, 0.3) is 10.0 Å². The van der Waals surface area contributed by atoms with Crippen LogP contribution >= 0.6 is 0 Å². The summed E-state index contributed by atoms with van der Waals surface area (Å²) in [4.78, 5) is 3.96. The van der Waals surface area contributed by atoms with Gasteiger partial charge >= 0.3 is 0 Å². The molecule has 6 heteroatoms. The molecule has 5 nitrogen and oxygen atoms in total. The van der Waals surface area contributed by atoms with Gasteiger partial charge < -0.3 is 5.32 Å². The van der Waals surface area contributed by atoms with Crippen molar-refractivity contribution in [2.24, 2.45) is 0 Å². The van der Waals surface area contributed by atoms with Crippen molar-refractivity contribution in [1.29, 1.82) is 0 Å². The third-order valence-corrected chi connectivity index (χ3v) is 3.65. The number of nitrogens with zero attached hydrogens (tertiary/aromatic N) is 1. The van der Waals surface area contributed by atoms with Gasteiger partial charge in [0.05, 0.1) is 0 Å². The molecule has 0 bridgehead atoms. The van der Waals surface area contributed by atoms with E-state index >= 15 is 0 Å². The maximum atomic E-state index is 11.8. The van der Waals surface area contributed by atoms with Gasteiger partial charge in [-0.05, 0) is 25.1 Å². The summed E-state index contributed by atoms with van der Waals surface area (Å²) in [6, 6.07) is 3.29. The van der Waals surface area contributed by atoms with Gasteiger partial charge in [-0.25, -0.2) is 18.1 Å². The van der Waals surface area contributed by atoms with Crippen LogP contribution in [0.5, 0.6) is 0 Å². The summed E-state index contributed by atoms with van der Waals surface area (Å²) in [6.45, 7) is 3.15. The van der Waals surface area contributed by atoms with Crippen LogP contribution in [0, 0.1) is 0 Å². The molecular weight excluding hydrogens is 238 g/mol. The fraction of sp³-hybridized carbons (Fsp3) is 0.545. The van der Waals surface area contributed by atoms with Crippen molar-refractivity contribution in [3.8, 4) is 0 Å². The maximum absolute atomic E-state index is 11.8. The van der Waals surface area contributed by atoms with E-state index in [1.54, 1.807) is 12.3 Å². The molecule has 1 rings (SSSR count). The monoisotopic (exact) mass is 257 g/mol. The molecule has 0 aliphatic rings. The van der Waals surface area contributed by atoms with E-state index in [0.717, 1.165) is 18.4 Å². The zero-order valence-corrected chi connectivity index (χ0v) is 11.0. The van der Waals surface area contributed by atoms with Crippen LogP contribution in [0.1, 0.15) is 25.3 Å². The fourth-order valence-electron chi connectivity index (χ4n) is 1.34. The molecular formula is C11H19N3O2S. The molecule has 0 saturated heterocycles. The highest BCUT2D eigenvalue weighted by Crippen LogP contribution is 2.06. The normalized spacial score (nSPS) is 11.6. The molecule has 0 radical (unpaired) electrons. The maximum Gasteiger partial charge on any atom is 0.258 e. The number of unbranched alkanes of at least 4 members (excludes halogenated alkanes) is 1. The van der Waals surface area contributed by atoms with Gasteiger partial charge in [0, 0.05) is 19.3 Å². The zero-order chi connectivity index (χ0) is 12.7. The van der Waals surface area contributed by atoms with E-state index in [2.05, 4.69) is 15.0 Å². The van der Waals surface area contributed by atoms with Gasteiger partial charge in [-0.3, -0.25) is 0 Å². The molecule has 0 aliphatic carbocycles. The Bertz CT molecular complexity index is 429.